The number of carbonyl (C=O) groups is 1. The van der Waals surface area contributed by atoms with E-state index in [-0.39, 0.29) is 24.8 Å². The number of methoxy groups -OCH3 is 1. The summed E-state index contributed by atoms with van der Waals surface area (Å²) in [5.74, 6) is 1.47. The molecule has 1 aliphatic heterocycles. The third kappa shape index (κ3) is 5.64. The quantitative estimate of drug-likeness (QED) is 0.335. The molecule has 37 heavy (non-hydrogen) atoms. The van der Waals surface area contributed by atoms with E-state index in [9.17, 15) is 4.79 Å². The number of nitrogens with one attached hydrogen (secondary N) is 1. The highest BCUT2D eigenvalue weighted by Gasteiger charge is 2.31. The standard InChI is InChI=1S/C28H30ClN5O3/c1-19-8-11-22(17-33(19)28(35)37-18-21-6-4-3-5-7-21)31-26-25-24(29)14-15-30-27(25)34(32-26)16-20-9-12-23(36-2)13-10-20/h3-7,9-10,12-15,19,22H,8,11,16-18H2,1-2H3,(H,31,32)/t19-,22?/m0/s1. The summed E-state index contributed by atoms with van der Waals surface area (Å²) >= 11 is 6.60. The van der Waals surface area contributed by atoms with Gasteiger partial charge in [-0.15, -0.1) is 0 Å². The van der Waals surface area contributed by atoms with Gasteiger partial charge in [-0.1, -0.05) is 54.1 Å². The van der Waals surface area contributed by atoms with Crippen LogP contribution in [0.25, 0.3) is 11.0 Å². The lowest BCUT2D eigenvalue weighted by Gasteiger charge is -2.37. The molecular weight excluding hydrogens is 490 g/mol. The van der Waals surface area contributed by atoms with Gasteiger partial charge in [0.25, 0.3) is 0 Å². The van der Waals surface area contributed by atoms with Crippen molar-refractivity contribution >= 4 is 34.5 Å². The number of hydrogen-bond donors (Lipinski definition) is 1. The number of likely N-dealkylation sites (tertiary alicyclic amines) is 1. The zero-order valence-electron chi connectivity index (χ0n) is 20.9. The Morgan fingerprint density at radius 2 is 1.86 bits per heavy atom. The van der Waals surface area contributed by atoms with Crippen molar-refractivity contribution in [2.24, 2.45) is 0 Å². The summed E-state index contributed by atoms with van der Waals surface area (Å²) in [4.78, 5) is 19.3. The molecule has 1 saturated heterocycles. The van der Waals surface area contributed by atoms with Crippen LogP contribution in [0, 0.1) is 0 Å². The second-order valence-corrected chi connectivity index (χ2v) is 9.71. The van der Waals surface area contributed by atoms with Gasteiger partial charge in [-0.2, -0.15) is 5.10 Å². The predicted molar refractivity (Wildman–Crippen MR) is 144 cm³/mol. The van der Waals surface area contributed by atoms with Crippen molar-refractivity contribution in [2.75, 3.05) is 19.0 Å². The lowest BCUT2D eigenvalue weighted by atomic mass is 10.00. The summed E-state index contributed by atoms with van der Waals surface area (Å²) in [6, 6.07) is 19.4. The molecule has 8 nitrogen and oxygen atoms in total. The smallest absolute Gasteiger partial charge is 0.410 e. The number of carbonyl (C=O) groups excluding carboxylic acids is 1. The number of piperidine rings is 1. The molecule has 1 amide bonds. The molecule has 1 N–H and O–H groups in total. The Morgan fingerprint density at radius 3 is 2.62 bits per heavy atom. The van der Waals surface area contributed by atoms with E-state index < -0.39 is 0 Å². The molecule has 192 valence electrons. The zero-order chi connectivity index (χ0) is 25.8. The van der Waals surface area contributed by atoms with Crippen molar-refractivity contribution in [3.8, 4) is 5.75 Å². The van der Waals surface area contributed by atoms with E-state index in [2.05, 4.69) is 17.2 Å². The van der Waals surface area contributed by atoms with Gasteiger partial charge in [0.1, 0.15) is 12.4 Å². The van der Waals surface area contributed by atoms with Crippen LogP contribution >= 0.6 is 11.6 Å². The van der Waals surface area contributed by atoms with Crippen LogP contribution in [0.1, 0.15) is 30.9 Å². The fourth-order valence-electron chi connectivity index (χ4n) is 4.65. The van der Waals surface area contributed by atoms with Crippen LogP contribution in [0.2, 0.25) is 5.02 Å². The maximum absolute atomic E-state index is 12.9. The molecule has 4 aromatic rings. The molecule has 2 aromatic carbocycles. The fourth-order valence-corrected chi connectivity index (χ4v) is 4.88. The fraction of sp³-hybridized carbons (Fsp3) is 0.321. The Balaban J connectivity index is 1.32. The van der Waals surface area contributed by atoms with Crippen LogP contribution in [0.4, 0.5) is 10.6 Å². The number of amides is 1. The molecule has 0 spiro atoms. The molecule has 0 radical (unpaired) electrons. The van der Waals surface area contributed by atoms with Crippen molar-refractivity contribution in [1.29, 1.82) is 0 Å². The molecule has 1 unspecified atom stereocenters. The number of pyridine rings is 1. The number of ether oxygens (including phenoxy) is 2. The van der Waals surface area contributed by atoms with Gasteiger partial charge >= 0.3 is 6.09 Å². The number of fused-ring (bicyclic) bond motifs is 1. The molecule has 5 rings (SSSR count). The van der Waals surface area contributed by atoms with Crippen molar-refractivity contribution in [2.45, 2.75) is 45.0 Å². The highest BCUT2D eigenvalue weighted by Crippen LogP contribution is 2.31. The first-order valence-electron chi connectivity index (χ1n) is 12.4. The predicted octanol–water partition coefficient (Wildman–Crippen LogP) is 5.74. The average molecular weight is 520 g/mol. The number of benzene rings is 2. The van der Waals surface area contributed by atoms with Gasteiger partial charge < -0.3 is 19.7 Å². The van der Waals surface area contributed by atoms with E-state index in [4.69, 9.17) is 26.2 Å². The van der Waals surface area contributed by atoms with Crippen LogP contribution in [-0.2, 0) is 17.9 Å². The normalized spacial score (nSPS) is 17.5. The summed E-state index contributed by atoms with van der Waals surface area (Å²) in [6.07, 6.45) is 3.13. The SMILES string of the molecule is COc1ccc(Cn2nc(NC3CC[C@H](C)N(C(=O)OCc4ccccc4)C3)c3c(Cl)ccnc32)cc1. The van der Waals surface area contributed by atoms with E-state index in [0.717, 1.165) is 35.1 Å². The molecule has 0 aliphatic carbocycles. The van der Waals surface area contributed by atoms with Crippen molar-refractivity contribution in [3.63, 3.8) is 0 Å². The number of halogens is 1. The van der Waals surface area contributed by atoms with Gasteiger partial charge in [-0.3, -0.25) is 0 Å². The first-order valence-corrected chi connectivity index (χ1v) is 12.8. The first kappa shape index (κ1) is 24.9. The molecule has 3 heterocycles. The number of aromatic nitrogens is 3. The van der Waals surface area contributed by atoms with Gasteiger partial charge in [0.15, 0.2) is 11.5 Å². The molecule has 1 fully saturated rings. The van der Waals surface area contributed by atoms with Crippen LogP contribution in [0.15, 0.2) is 66.9 Å². The van der Waals surface area contributed by atoms with E-state index >= 15 is 0 Å². The molecule has 9 heteroatoms. The highest BCUT2D eigenvalue weighted by atomic mass is 35.5. The van der Waals surface area contributed by atoms with Gasteiger partial charge in [0.2, 0.25) is 0 Å². The molecule has 2 atom stereocenters. The highest BCUT2D eigenvalue weighted by molar-refractivity contribution is 6.36. The maximum Gasteiger partial charge on any atom is 0.410 e. The third-order valence-electron chi connectivity index (χ3n) is 6.74. The molecule has 0 bridgehead atoms. The molecule has 1 aliphatic rings. The van der Waals surface area contributed by atoms with E-state index in [1.807, 2.05) is 59.3 Å². The first-order chi connectivity index (χ1) is 18.0. The Bertz CT molecular complexity index is 1360. The topological polar surface area (TPSA) is 81.5 Å². The Hall–Kier alpha value is -3.78. The Morgan fingerprint density at radius 1 is 1.08 bits per heavy atom. The largest absolute Gasteiger partial charge is 0.497 e. The summed E-state index contributed by atoms with van der Waals surface area (Å²) in [5, 5.41) is 9.74. The monoisotopic (exact) mass is 519 g/mol. The third-order valence-corrected chi connectivity index (χ3v) is 7.05. The summed E-state index contributed by atoms with van der Waals surface area (Å²) < 4.78 is 12.7. The Kier molecular flexibility index (Phi) is 7.46. The van der Waals surface area contributed by atoms with Gasteiger partial charge in [0, 0.05) is 24.8 Å². The van der Waals surface area contributed by atoms with Gasteiger partial charge in [-0.05, 0) is 49.1 Å². The second-order valence-electron chi connectivity index (χ2n) is 9.31. The molecule has 2 aromatic heterocycles. The number of hydrogen-bond acceptors (Lipinski definition) is 6. The van der Waals surface area contributed by atoms with Crippen molar-refractivity contribution in [1.82, 2.24) is 19.7 Å². The Labute approximate surface area is 221 Å². The minimum atomic E-state index is -0.308. The van der Waals surface area contributed by atoms with E-state index in [0.29, 0.717) is 29.6 Å². The van der Waals surface area contributed by atoms with Crippen LogP contribution in [0.3, 0.4) is 0 Å². The lowest BCUT2D eigenvalue weighted by Crippen LogP contribution is -2.49. The van der Waals surface area contributed by atoms with Gasteiger partial charge in [0.05, 0.1) is 24.1 Å². The van der Waals surface area contributed by atoms with Crippen LogP contribution in [-0.4, -0.2) is 51.5 Å². The number of nitrogens with zero attached hydrogens (tertiary/aromatic N) is 4. The summed E-state index contributed by atoms with van der Waals surface area (Å²) in [5.41, 5.74) is 2.73. The minimum absolute atomic E-state index is 0.00397. The second kappa shape index (κ2) is 11.1. The summed E-state index contributed by atoms with van der Waals surface area (Å²) in [6.45, 7) is 3.36. The van der Waals surface area contributed by atoms with Gasteiger partial charge in [-0.25, -0.2) is 14.5 Å². The maximum atomic E-state index is 12.9. The van der Waals surface area contributed by atoms with E-state index in [1.165, 1.54) is 0 Å². The van der Waals surface area contributed by atoms with E-state index in [1.54, 1.807) is 24.3 Å². The number of rotatable bonds is 7. The van der Waals surface area contributed by atoms with Crippen molar-refractivity contribution < 1.29 is 14.3 Å². The van der Waals surface area contributed by atoms with Crippen LogP contribution < -0.4 is 10.1 Å². The molecular formula is C28H30ClN5O3. The number of anilines is 1. The minimum Gasteiger partial charge on any atom is -0.497 e. The molecule has 0 saturated carbocycles. The van der Waals surface area contributed by atoms with Crippen LogP contribution in [0.5, 0.6) is 5.75 Å². The van der Waals surface area contributed by atoms with Crippen molar-refractivity contribution in [3.05, 3.63) is 83.0 Å². The average Bonchev–Trinajstić information content (AvgIpc) is 3.27. The summed E-state index contributed by atoms with van der Waals surface area (Å²) in [7, 11) is 1.65. The zero-order valence-corrected chi connectivity index (χ0v) is 21.7. The lowest BCUT2D eigenvalue weighted by molar-refractivity contribution is 0.0696.